The predicted octanol–water partition coefficient (Wildman–Crippen LogP) is 2.02. The Hall–Kier alpha value is -2.71. The molecular formula is C22H28N6O2. The summed E-state index contributed by atoms with van der Waals surface area (Å²) in [6.45, 7) is 5.95. The Bertz CT molecular complexity index is 1050. The summed E-state index contributed by atoms with van der Waals surface area (Å²) < 4.78 is 1.67. The van der Waals surface area contributed by atoms with Gasteiger partial charge in [0, 0.05) is 30.5 Å². The molecule has 1 aromatic carbocycles. The molecule has 0 radical (unpaired) electrons. The second kappa shape index (κ2) is 8.20. The van der Waals surface area contributed by atoms with E-state index in [1.807, 2.05) is 51.4 Å². The Morgan fingerprint density at radius 2 is 1.93 bits per heavy atom. The van der Waals surface area contributed by atoms with Crippen molar-refractivity contribution in [3.05, 3.63) is 36.2 Å². The van der Waals surface area contributed by atoms with Crippen LogP contribution in [0.5, 0.6) is 0 Å². The van der Waals surface area contributed by atoms with Crippen LogP contribution in [0, 0.1) is 5.92 Å². The molecule has 1 aliphatic heterocycles. The minimum absolute atomic E-state index is 0.0477. The van der Waals surface area contributed by atoms with Crippen molar-refractivity contribution in [2.24, 2.45) is 13.0 Å². The van der Waals surface area contributed by atoms with Crippen LogP contribution >= 0.6 is 0 Å². The first-order valence-electron chi connectivity index (χ1n) is 10.4. The molecule has 1 fully saturated rings. The summed E-state index contributed by atoms with van der Waals surface area (Å²) in [6.07, 6.45) is 3.82. The number of benzene rings is 1. The molecule has 0 aliphatic carbocycles. The molecule has 8 nitrogen and oxygen atoms in total. The molecule has 0 spiro atoms. The lowest BCUT2D eigenvalue weighted by Crippen LogP contribution is -2.44. The molecule has 8 heteroatoms. The number of hydrogen-bond acceptors (Lipinski definition) is 7. The highest BCUT2D eigenvalue weighted by Gasteiger charge is 2.27. The van der Waals surface area contributed by atoms with E-state index in [2.05, 4.69) is 25.4 Å². The van der Waals surface area contributed by atoms with Gasteiger partial charge in [0.15, 0.2) is 0 Å². The zero-order valence-electron chi connectivity index (χ0n) is 17.7. The monoisotopic (exact) mass is 408 g/mol. The van der Waals surface area contributed by atoms with Crippen molar-refractivity contribution in [2.45, 2.75) is 38.7 Å². The fraction of sp³-hybridized carbons (Fsp3) is 0.500. The maximum Gasteiger partial charge on any atom is 0.142 e. The van der Waals surface area contributed by atoms with E-state index in [1.54, 1.807) is 4.68 Å². The van der Waals surface area contributed by atoms with Crippen LogP contribution in [0.1, 0.15) is 32.4 Å². The van der Waals surface area contributed by atoms with Crippen LogP contribution in [0.25, 0.3) is 22.2 Å². The summed E-state index contributed by atoms with van der Waals surface area (Å²) >= 11 is 0. The third kappa shape index (κ3) is 4.88. The number of nitrogens with zero attached hydrogens (tertiary/aromatic N) is 6. The van der Waals surface area contributed by atoms with Crippen molar-refractivity contribution in [1.82, 2.24) is 30.1 Å². The van der Waals surface area contributed by atoms with E-state index >= 15 is 0 Å². The third-order valence-corrected chi connectivity index (χ3v) is 5.54. The summed E-state index contributed by atoms with van der Waals surface area (Å²) in [5.74, 6) is 0.267. The van der Waals surface area contributed by atoms with E-state index < -0.39 is 5.60 Å². The second-order valence-corrected chi connectivity index (χ2v) is 8.89. The fourth-order valence-corrected chi connectivity index (χ4v) is 4.10. The Balaban J connectivity index is 1.43. The van der Waals surface area contributed by atoms with Gasteiger partial charge in [-0.2, -0.15) is 10.2 Å². The predicted molar refractivity (Wildman–Crippen MR) is 114 cm³/mol. The number of aromatic nitrogens is 5. The van der Waals surface area contributed by atoms with Gasteiger partial charge in [0.25, 0.3) is 0 Å². The average Bonchev–Trinajstić information content (AvgIpc) is 3.13. The number of aliphatic hydroxyl groups is 1. The fourth-order valence-electron chi connectivity index (χ4n) is 4.10. The van der Waals surface area contributed by atoms with Crippen LogP contribution in [0.3, 0.4) is 0 Å². The number of hydrogen-bond donors (Lipinski definition) is 1. The van der Waals surface area contributed by atoms with Gasteiger partial charge >= 0.3 is 0 Å². The van der Waals surface area contributed by atoms with Crippen LogP contribution in [0.15, 0.2) is 30.5 Å². The molecular weight excluding hydrogens is 380 g/mol. The van der Waals surface area contributed by atoms with Gasteiger partial charge in [-0.05, 0) is 58.0 Å². The molecule has 3 aromatic rings. The van der Waals surface area contributed by atoms with Gasteiger partial charge < -0.3 is 10.0 Å². The van der Waals surface area contributed by atoms with E-state index in [1.165, 1.54) is 0 Å². The summed E-state index contributed by atoms with van der Waals surface area (Å²) in [7, 11) is 1.84. The van der Waals surface area contributed by atoms with Gasteiger partial charge in [-0.15, -0.1) is 5.10 Å². The number of Topliss-reactive ketones (excluding diaryl/α,β-unsaturated/α-hetero) is 1. The second-order valence-electron chi connectivity index (χ2n) is 8.89. The highest BCUT2D eigenvalue weighted by Crippen LogP contribution is 2.24. The minimum Gasteiger partial charge on any atom is -0.389 e. The number of carbonyl (C=O) groups excluding carboxylic acids is 1. The molecule has 0 saturated carbocycles. The van der Waals surface area contributed by atoms with E-state index in [-0.39, 0.29) is 11.7 Å². The van der Waals surface area contributed by atoms with Gasteiger partial charge in [-0.3, -0.25) is 9.48 Å². The lowest BCUT2D eigenvalue weighted by Gasteiger charge is -2.34. The standard InChI is InChI=1S/C22H28N6O2/c1-22(2,30)14-28-8-6-15(7-9-28)21(29)12-18-11-17-10-16(4-5-19(17)24-23-18)20-13-27(3)26-25-20/h4-5,10-11,13,15,30H,6-9,12,14H2,1-3H3. The van der Waals surface area contributed by atoms with Gasteiger partial charge in [0.2, 0.25) is 0 Å². The van der Waals surface area contributed by atoms with Crippen LogP contribution in [0.2, 0.25) is 0 Å². The quantitative estimate of drug-likeness (QED) is 0.666. The average molecular weight is 409 g/mol. The molecule has 0 amide bonds. The summed E-state index contributed by atoms with van der Waals surface area (Å²) in [5, 5.41) is 27.6. The van der Waals surface area contributed by atoms with E-state index in [0.29, 0.717) is 18.7 Å². The number of β-amino-alcohol motifs (C(OH)–C–C–N with tert-alkyl or cyclic N) is 1. The smallest absolute Gasteiger partial charge is 0.142 e. The zero-order chi connectivity index (χ0) is 21.3. The van der Waals surface area contributed by atoms with Crippen LogP contribution in [-0.4, -0.2) is 66.2 Å². The highest BCUT2D eigenvalue weighted by atomic mass is 16.3. The molecule has 158 valence electrons. The van der Waals surface area contributed by atoms with Crippen molar-refractivity contribution in [2.75, 3.05) is 19.6 Å². The molecule has 1 saturated heterocycles. The lowest BCUT2D eigenvalue weighted by atomic mass is 9.89. The Labute approximate surface area is 175 Å². The molecule has 2 aromatic heterocycles. The van der Waals surface area contributed by atoms with Gasteiger partial charge in [0.1, 0.15) is 11.5 Å². The van der Waals surface area contributed by atoms with E-state index in [0.717, 1.165) is 48.1 Å². The first-order chi connectivity index (χ1) is 14.3. The number of likely N-dealkylation sites (tertiary alicyclic amines) is 1. The first-order valence-corrected chi connectivity index (χ1v) is 10.4. The van der Waals surface area contributed by atoms with Crippen molar-refractivity contribution in [1.29, 1.82) is 0 Å². The van der Waals surface area contributed by atoms with Crippen molar-refractivity contribution in [3.63, 3.8) is 0 Å². The number of aryl methyl sites for hydroxylation is 1. The summed E-state index contributed by atoms with van der Waals surface area (Å²) in [5.41, 5.74) is 2.54. The zero-order valence-corrected chi connectivity index (χ0v) is 17.7. The molecule has 3 heterocycles. The van der Waals surface area contributed by atoms with Crippen LogP contribution < -0.4 is 0 Å². The maximum absolute atomic E-state index is 12.8. The summed E-state index contributed by atoms with van der Waals surface area (Å²) in [4.78, 5) is 15.1. The van der Waals surface area contributed by atoms with E-state index in [4.69, 9.17) is 0 Å². The number of piperidine rings is 1. The number of carbonyl (C=O) groups is 1. The van der Waals surface area contributed by atoms with Crippen LogP contribution in [-0.2, 0) is 18.3 Å². The van der Waals surface area contributed by atoms with Crippen molar-refractivity contribution < 1.29 is 9.90 Å². The minimum atomic E-state index is -0.707. The number of ketones is 1. The summed E-state index contributed by atoms with van der Waals surface area (Å²) in [6, 6.07) is 7.82. The molecule has 0 atom stereocenters. The molecule has 30 heavy (non-hydrogen) atoms. The van der Waals surface area contributed by atoms with Crippen molar-refractivity contribution >= 4 is 16.7 Å². The molecule has 0 bridgehead atoms. The maximum atomic E-state index is 12.8. The number of fused-ring (bicyclic) bond motifs is 1. The van der Waals surface area contributed by atoms with Gasteiger partial charge in [-0.1, -0.05) is 11.3 Å². The van der Waals surface area contributed by atoms with Crippen LogP contribution in [0.4, 0.5) is 0 Å². The highest BCUT2D eigenvalue weighted by molar-refractivity contribution is 5.86. The molecule has 1 aliphatic rings. The van der Waals surface area contributed by atoms with Gasteiger partial charge in [-0.25, -0.2) is 0 Å². The van der Waals surface area contributed by atoms with E-state index in [9.17, 15) is 9.90 Å². The SMILES string of the molecule is Cn1cc(-c2ccc3nnc(CC(=O)C4CCN(CC(C)(C)O)CC4)cc3c2)nn1. The Morgan fingerprint density at radius 3 is 2.60 bits per heavy atom. The molecule has 0 unspecified atom stereocenters. The topological polar surface area (TPSA) is 97.0 Å². The largest absolute Gasteiger partial charge is 0.389 e. The Kier molecular flexibility index (Phi) is 5.62. The molecule has 4 rings (SSSR count). The molecule has 1 N–H and O–H groups in total. The first kappa shape index (κ1) is 20.6. The lowest BCUT2D eigenvalue weighted by molar-refractivity contribution is -0.123. The number of rotatable bonds is 6. The van der Waals surface area contributed by atoms with Gasteiger partial charge in [0.05, 0.1) is 29.4 Å². The normalized spacial score (nSPS) is 16.3. The van der Waals surface area contributed by atoms with Crippen molar-refractivity contribution in [3.8, 4) is 11.3 Å². The third-order valence-electron chi connectivity index (χ3n) is 5.54. The Morgan fingerprint density at radius 1 is 1.17 bits per heavy atom.